The summed E-state index contributed by atoms with van der Waals surface area (Å²) in [6.07, 6.45) is -7.21. The van der Waals surface area contributed by atoms with E-state index in [-0.39, 0.29) is 36.9 Å². The quantitative estimate of drug-likeness (QED) is 0.266. The molecule has 0 aromatic rings. The van der Waals surface area contributed by atoms with Crippen LogP contribution in [0.4, 0.5) is 0 Å². The average molecular weight is 763 g/mol. The van der Waals surface area contributed by atoms with Crippen LogP contribution in [0.5, 0.6) is 0 Å². The highest BCUT2D eigenvalue weighted by Gasteiger charge is 2.53. The number of carbonyl (C=O) groups excluding carboxylic acids is 1. The Bertz CT molecular complexity index is 1160. The van der Waals surface area contributed by atoms with E-state index in [1.807, 2.05) is 60.7 Å². The molecule has 0 aliphatic carbocycles. The molecule has 3 fully saturated rings. The van der Waals surface area contributed by atoms with Crippen molar-refractivity contribution in [2.24, 2.45) is 17.8 Å². The summed E-state index contributed by atoms with van der Waals surface area (Å²) in [4.78, 5) is 18.3. The maximum Gasteiger partial charge on any atom is 0.311 e. The molecule has 14 nitrogen and oxygen atoms in total. The molecule has 4 N–H and O–H groups in total. The van der Waals surface area contributed by atoms with E-state index >= 15 is 0 Å². The highest BCUT2D eigenvalue weighted by Crippen LogP contribution is 2.40. The summed E-state index contributed by atoms with van der Waals surface area (Å²) in [5.74, 6) is -2.40. The van der Waals surface area contributed by atoms with E-state index in [0.717, 1.165) is 0 Å². The van der Waals surface area contributed by atoms with Gasteiger partial charge in [0.15, 0.2) is 12.6 Å². The van der Waals surface area contributed by atoms with Gasteiger partial charge >= 0.3 is 5.97 Å². The molecule has 3 aliphatic heterocycles. The Labute approximate surface area is 318 Å². The zero-order chi connectivity index (χ0) is 40.4. The van der Waals surface area contributed by atoms with Crippen LogP contribution in [-0.4, -0.2) is 168 Å². The fourth-order valence-corrected chi connectivity index (χ4v) is 9.16. The van der Waals surface area contributed by atoms with Crippen LogP contribution < -0.4 is 0 Å². The van der Waals surface area contributed by atoms with Crippen LogP contribution in [0.1, 0.15) is 94.9 Å². The third kappa shape index (κ3) is 10.5. The fraction of sp³-hybridized carbons (Fsp3) is 0.974. The molecule has 18 atom stereocenters. The lowest BCUT2D eigenvalue weighted by atomic mass is 9.77. The fourth-order valence-electron chi connectivity index (χ4n) is 9.16. The average Bonchev–Trinajstić information content (AvgIpc) is 3.06. The number of hydrogen-bond acceptors (Lipinski definition) is 14. The molecular formula is C39H74N2O12. The molecular weight excluding hydrogens is 688 g/mol. The molecule has 0 amide bonds. The standard InChI is InChI=1S/C39H74N2O12/c1-16-28-39(10,46)34(47-14)25(6)41(13)20-21(2)18-37(8,45)33(53-36-30(42)27(40(11)12)17-22(3)49-36)23(4)31(24(5)35(44)51-28)52-29-19-38(9,48-15)32(43)26(7)50-29/h21-34,36,42-43,45-46H,16-20H2,1-15H3/t21-,22-,23+,24-,25+,26+,27+,28+,29+,30-,31-,32+,33-,34-,36+,37+,38-,39-/m1/s1. The number of nitrogens with zero attached hydrogens (tertiary/aromatic N) is 2. The molecule has 312 valence electrons. The first-order valence-electron chi connectivity index (χ1n) is 19.5. The van der Waals surface area contributed by atoms with E-state index < -0.39 is 89.9 Å². The monoisotopic (exact) mass is 763 g/mol. The molecule has 3 heterocycles. The topological polar surface area (TPSA) is 169 Å². The Hall–Kier alpha value is -1.01. The molecule has 0 spiro atoms. The summed E-state index contributed by atoms with van der Waals surface area (Å²) in [5, 5.41) is 47.1. The van der Waals surface area contributed by atoms with Crippen molar-refractivity contribution < 1.29 is 58.4 Å². The normalized spacial score (nSPS) is 48.9. The van der Waals surface area contributed by atoms with Gasteiger partial charge in [0.25, 0.3) is 0 Å². The van der Waals surface area contributed by atoms with Crippen molar-refractivity contribution in [1.29, 1.82) is 0 Å². The summed E-state index contributed by atoms with van der Waals surface area (Å²) in [6, 6.07) is -0.560. The maximum absolute atomic E-state index is 14.3. The number of esters is 1. The van der Waals surface area contributed by atoms with Crippen LogP contribution in [0.3, 0.4) is 0 Å². The minimum atomic E-state index is -1.57. The number of methoxy groups -OCH3 is 2. The molecule has 3 saturated heterocycles. The summed E-state index contributed by atoms with van der Waals surface area (Å²) < 4.78 is 43.7. The molecule has 53 heavy (non-hydrogen) atoms. The summed E-state index contributed by atoms with van der Waals surface area (Å²) in [7, 11) is 8.79. The number of ether oxygens (including phenoxy) is 7. The van der Waals surface area contributed by atoms with Crippen molar-refractivity contribution in [2.45, 2.75) is 185 Å². The van der Waals surface area contributed by atoms with Gasteiger partial charge in [0.2, 0.25) is 0 Å². The first kappa shape index (κ1) is 46.4. The number of cyclic esters (lactones) is 1. The Morgan fingerprint density at radius 3 is 2.11 bits per heavy atom. The van der Waals surface area contributed by atoms with E-state index in [9.17, 15) is 25.2 Å². The van der Waals surface area contributed by atoms with Gasteiger partial charge in [-0.2, -0.15) is 0 Å². The number of likely N-dealkylation sites (N-methyl/N-ethyl adjacent to an activating group) is 2. The molecule has 3 rings (SSSR count). The van der Waals surface area contributed by atoms with Crippen molar-refractivity contribution in [2.75, 3.05) is 41.9 Å². The Morgan fingerprint density at radius 2 is 1.57 bits per heavy atom. The largest absolute Gasteiger partial charge is 0.459 e. The lowest BCUT2D eigenvalue weighted by Gasteiger charge is -2.48. The first-order chi connectivity index (χ1) is 24.4. The van der Waals surface area contributed by atoms with Crippen LogP contribution in [0, 0.1) is 17.8 Å². The predicted octanol–water partition coefficient (Wildman–Crippen LogP) is 2.55. The van der Waals surface area contributed by atoms with Crippen LogP contribution in [0.25, 0.3) is 0 Å². The van der Waals surface area contributed by atoms with Gasteiger partial charge in [-0.1, -0.05) is 20.8 Å². The third-order valence-corrected chi connectivity index (χ3v) is 12.4. The minimum Gasteiger partial charge on any atom is -0.459 e. The van der Waals surface area contributed by atoms with E-state index in [0.29, 0.717) is 19.4 Å². The van der Waals surface area contributed by atoms with Crippen LogP contribution in [-0.2, 0) is 38.0 Å². The summed E-state index contributed by atoms with van der Waals surface area (Å²) in [6.45, 7) is 18.7. The molecule has 0 bridgehead atoms. The Kier molecular flexibility index (Phi) is 16.2. The number of aliphatic hydroxyl groups excluding tert-OH is 2. The Balaban J connectivity index is 2.19. The second kappa shape index (κ2) is 18.5. The zero-order valence-electron chi connectivity index (χ0n) is 35.1. The second-order valence-corrected chi connectivity index (χ2v) is 17.4. The SMILES string of the molecule is CC[C@@H]1OC(=O)[C@H](C)[C@H](O[C@H]2C[C@@](C)(OC)[C@@H](O)[C@H](C)O2)[C@H](C)[C@@H](O[C@@H]2O[C@H](C)C[C@H](N(C)C)[C@H]2O)[C@@](C)(O)C[C@@H](C)CN(C)[C@@H](C)[C@@H](OC)[C@]1(C)O. The lowest BCUT2D eigenvalue weighted by Crippen LogP contribution is -2.60. The number of aliphatic hydroxyl groups is 4. The van der Waals surface area contributed by atoms with Gasteiger partial charge in [-0.05, 0) is 94.8 Å². The van der Waals surface area contributed by atoms with Crippen molar-refractivity contribution in [1.82, 2.24) is 9.80 Å². The highest BCUT2D eigenvalue weighted by molar-refractivity contribution is 5.73. The van der Waals surface area contributed by atoms with Crippen molar-refractivity contribution in [3.63, 3.8) is 0 Å². The number of rotatable bonds is 8. The Morgan fingerprint density at radius 1 is 0.943 bits per heavy atom. The lowest BCUT2D eigenvalue weighted by molar-refractivity contribution is -0.318. The van der Waals surface area contributed by atoms with E-state index in [2.05, 4.69) is 4.90 Å². The van der Waals surface area contributed by atoms with Gasteiger partial charge in [0, 0.05) is 45.2 Å². The van der Waals surface area contributed by atoms with Gasteiger partial charge in [0.05, 0.1) is 41.5 Å². The number of hydrogen-bond donors (Lipinski definition) is 4. The molecule has 3 aliphatic rings. The van der Waals surface area contributed by atoms with Gasteiger partial charge < -0.3 is 63.4 Å². The van der Waals surface area contributed by atoms with E-state index in [4.69, 9.17) is 33.2 Å². The van der Waals surface area contributed by atoms with Crippen LogP contribution in [0.2, 0.25) is 0 Å². The van der Waals surface area contributed by atoms with E-state index in [1.165, 1.54) is 14.2 Å². The first-order valence-corrected chi connectivity index (χ1v) is 19.5. The predicted molar refractivity (Wildman–Crippen MR) is 199 cm³/mol. The van der Waals surface area contributed by atoms with Crippen molar-refractivity contribution >= 4 is 5.97 Å². The second-order valence-electron chi connectivity index (χ2n) is 17.4. The summed E-state index contributed by atoms with van der Waals surface area (Å²) >= 11 is 0. The van der Waals surface area contributed by atoms with Crippen molar-refractivity contribution in [3.05, 3.63) is 0 Å². The van der Waals surface area contributed by atoms with Crippen LogP contribution >= 0.6 is 0 Å². The minimum absolute atomic E-state index is 0.0861. The van der Waals surface area contributed by atoms with Crippen LogP contribution in [0.15, 0.2) is 0 Å². The molecule has 0 saturated carbocycles. The highest BCUT2D eigenvalue weighted by atomic mass is 16.7. The van der Waals surface area contributed by atoms with Gasteiger partial charge in [-0.3, -0.25) is 4.79 Å². The van der Waals surface area contributed by atoms with E-state index in [1.54, 1.807) is 34.6 Å². The molecule has 0 unspecified atom stereocenters. The van der Waals surface area contributed by atoms with Gasteiger partial charge in [0.1, 0.15) is 30.0 Å². The molecule has 0 aromatic carbocycles. The summed E-state index contributed by atoms with van der Waals surface area (Å²) in [5.41, 5.74) is -4.10. The third-order valence-electron chi connectivity index (χ3n) is 12.4. The maximum atomic E-state index is 14.3. The van der Waals surface area contributed by atoms with Gasteiger partial charge in [-0.15, -0.1) is 0 Å². The zero-order valence-corrected chi connectivity index (χ0v) is 35.1. The smallest absolute Gasteiger partial charge is 0.311 e. The molecule has 0 radical (unpaired) electrons. The molecule has 0 aromatic heterocycles. The molecule has 14 heteroatoms. The number of carbonyl (C=O) groups is 1. The van der Waals surface area contributed by atoms with Gasteiger partial charge in [-0.25, -0.2) is 0 Å². The van der Waals surface area contributed by atoms with Crippen molar-refractivity contribution in [3.8, 4) is 0 Å².